The standard InChI is InChI=1S/C21H23NO4/c1-24-17-8-10-18(11-9-17)26-20-14-16(7-12-19(20)25-2)22-21(23)13-15-5-3-4-6-15/h3,5,7-12,14-15H,4,6,13H2,1-2H3,(H,22,23)/t15-/m1/s1. The molecular formula is C21H23NO4. The smallest absolute Gasteiger partial charge is 0.224 e. The Morgan fingerprint density at radius 1 is 1.04 bits per heavy atom. The Kier molecular flexibility index (Phi) is 5.79. The molecule has 2 aromatic rings. The number of allylic oxidation sites excluding steroid dienone is 2. The van der Waals surface area contributed by atoms with E-state index >= 15 is 0 Å². The van der Waals surface area contributed by atoms with E-state index in [1.165, 1.54) is 0 Å². The number of nitrogens with one attached hydrogen (secondary N) is 1. The van der Waals surface area contributed by atoms with Crippen molar-refractivity contribution in [2.24, 2.45) is 5.92 Å². The Morgan fingerprint density at radius 2 is 1.81 bits per heavy atom. The lowest BCUT2D eigenvalue weighted by atomic mass is 10.1. The van der Waals surface area contributed by atoms with Gasteiger partial charge in [-0.2, -0.15) is 0 Å². The zero-order chi connectivity index (χ0) is 18.4. The van der Waals surface area contributed by atoms with Gasteiger partial charge in [0, 0.05) is 18.2 Å². The minimum absolute atomic E-state index is 0.00196. The minimum Gasteiger partial charge on any atom is -0.497 e. The highest BCUT2D eigenvalue weighted by Gasteiger charge is 2.15. The van der Waals surface area contributed by atoms with Gasteiger partial charge in [0.25, 0.3) is 0 Å². The first-order valence-electron chi connectivity index (χ1n) is 8.64. The molecule has 1 aliphatic rings. The third-order valence-corrected chi connectivity index (χ3v) is 4.29. The second-order valence-electron chi connectivity index (χ2n) is 6.16. The summed E-state index contributed by atoms with van der Waals surface area (Å²) in [6, 6.07) is 12.6. The van der Waals surface area contributed by atoms with Crippen molar-refractivity contribution in [3.8, 4) is 23.0 Å². The van der Waals surface area contributed by atoms with Gasteiger partial charge in [0.1, 0.15) is 11.5 Å². The number of methoxy groups -OCH3 is 2. The number of benzene rings is 2. The van der Waals surface area contributed by atoms with Crippen molar-refractivity contribution >= 4 is 11.6 Å². The van der Waals surface area contributed by atoms with Crippen LogP contribution in [0.2, 0.25) is 0 Å². The van der Waals surface area contributed by atoms with Crippen LogP contribution in [0.1, 0.15) is 19.3 Å². The Labute approximate surface area is 153 Å². The average Bonchev–Trinajstić information content (AvgIpc) is 3.15. The molecule has 1 aliphatic carbocycles. The van der Waals surface area contributed by atoms with Gasteiger partial charge in [-0.25, -0.2) is 0 Å². The zero-order valence-corrected chi connectivity index (χ0v) is 15.0. The molecule has 0 unspecified atom stereocenters. The van der Waals surface area contributed by atoms with Gasteiger partial charge in [0.15, 0.2) is 11.5 Å². The predicted octanol–water partition coefficient (Wildman–Crippen LogP) is 4.79. The Hall–Kier alpha value is -2.95. The summed E-state index contributed by atoms with van der Waals surface area (Å²) in [6.45, 7) is 0. The van der Waals surface area contributed by atoms with Crippen LogP contribution in [0.3, 0.4) is 0 Å². The van der Waals surface area contributed by atoms with Crippen LogP contribution in [0.5, 0.6) is 23.0 Å². The molecule has 0 saturated heterocycles. The van der Waals surface area contributed by atoms with Gasteiger partial charge >= 0.3 is 0 Å². The minimum atomic E-state index is 0.00196. The topological polar surface area (TPSA) is 56.8 Å². The van der Waals surface area contributed by atoms with E-state index in [-0.39, 0.29) is 5.91 Å². The lowest BCUT2D eigenvalue weighted by molar-refractivity contribution is -0.116. The third kappa shape index (κ3) is 4.57. The fraction of sp³-hybridized carbons (Fsp3) is 0.286. The van der Waals surface area contributed by atoms with E-state index in [0.717, 1.165) is 18.6 Å². The van der Waals surface area contributed by atoms with Gasteiger partial charge in [-0.05, 0) is 55.2 Å². The molecule has 0 aromatic heterocycles. The fourth-order valence-electron chi connectivity index (χ4n) is 2.92. The summed E-state index contributed by atoms with van der Waals surface area (Å²) in [5, 5.41) is 2.94. The molecule has 5 nitrogen and oxygen atoms in total. The summed E-state index contributed by atoms with van der Waals surface area (Å²) in [4.78, 5) is 12.2. The highest BCUT2D eigenvalue weighted by Crippen LogP contribution is 2.34. The third-order valence-electron chi connectivity index (χ3n) is 4.29. The summed E-state index contributed by atoms with van der Waals surface area (Å²) >= 11 is 0. The summed E-state index contributed by atoms with van der Waals surface area (Å²) in [5.74, 6) is 2.88. The molecule has 1 atom stereocenters. The molecule has 1 amide bonds. The first-order chi connectivity index (χ1) is 12.7. The molecule has 0 spiro atoms. The lowest BCUT2D eigenvalue weighted by Crippen LogP contribution is -2.14. The molecule has 136 valence electrons. The van der Waals surface area contributed by atoms with Gasteiger partial charge in [0.2, 0.25) is 5.91 Å². The Morgan fingerprint density at radius 3 is 2.46 bits per heavy atom. The zero-order valence-electron chi connectivity index (χ0n) is 15.0. The van der Waals surface area contributed by atoms with E-state index in [1.54, 1.807) is 26.4 Å². The second-order valence-corrected chi connectivity index (χ2v) is 6.16. The van der Waals surface area contributed by atoms with Gasteiger partial charge in [-0.1, -0.05) is 12.2 Å². The maximum atomic E-state index is 12.2. The van der Waals surface area contributed by atoms with Crippen LogP contribution in [0.4, 0.5) is 5.69 Å². The molecule has 0 aliphatic heterocycles. The molecule has 5 heteroatoms. The number of ether oxygens (including phenoxy) is 3. The molecule has 0 heterocycles. The Balaban J connectivity index is 1.70. The van der Waals surface area contributed by atoms with Crippen molar-refractivity contribution in [3.05, 3.63) is 54.6 Å². The number of carbonyl (C=O) groups is 1. The molecule has 3 rings (SSSR count). The van der Waals surface area contributed by atoms with Crippen LogP contribution >= 0.6 is 0 Å². The summed E-state index contributed by atoms with van der Waals surface area (Å²) in [6.07, 6.45) is 6.84. The van der Waals surface area contributed by atoms with E-state index in [9.17, 15) is 4.79 Å². The SMILES string of the molecule is COc1ccc(Oc2cc(NC(=O)C[C@@H]3C=CCC3)ccc2OC)cc1. The highest BCUT2D eigenvalue weighted by atomic mass is 16.5. The van der Waals surface area contributed by atoms with Crippen LogP contribution < -0.4 is 19.5 Å². The van der Waals surface area contributed by atoms with Crippen molar-refractivity contribution in [2.45, 2.75) is 19.3 Å². The van der Waals surface area contributed by atoms with Crippen LogP contribution in [0.25, 0.3) is 0 Å². The monoisotopic (exact) mass is 353 g/mol. The van der Waals surface area contributed by atoms with Crippen molar-refractivity contribution in [3.63, 3.8) is 0 Å². The van der Waals surface area contributed by atoms with Gasteiger partial charge in [-0.15, -0.1) is 0 Å². The normalized spacial score (nSPS) is 15.5. The molecule has 26 heavy (non-hydrogen) atoms. The van der Waals surface area contributed by atoms with E-state index in [0.29, 0.717) is 35.3 Å². The van der Waals surface area contributed by atoms with Crippen molar-refractivity contribution in [1.29, 1.82) is 0 Å². The summed E-state index contributed by atoms with van der Waals surface area (Å²) in [5.41, 5.74) is 0.682. The second kappa shape index (κ2) is 8.43. The fourth-order valence-corrected chi connectivity index (χ4v) is 2.92. The van der Waals surface area contributed by atoms with Crippen LogP contribution in [0.15, 0.2) is 54.6 Å². The molecule has 1 N–H and O–H groups in total. The predicted molar refractivity (Wildman–Crippen MR) is 101 cm³/mol. The maximum Gasteiger partial charge on any atom is 0.224 e. The molecule has 0 saturated carbocycles. The van der Waals surface area contributed by atoms with Crippen LogP contribution in [-0.2, 0) is 4.79 Å². The number of rotatable bonds is 7. The number of hydrogen-bond acceptors (Lipinski definition) is 4. The highest BCUT2D eigenvalue weighted by molar-refractivity contribution is 5.91. The summed E-state index contributed by atoms with van der Waals surface area (Å²) < 4.78 is 16.4. The molecule has 0 fully saturated rings. The Bertz CT molecular complexity index is 783. The van der Waals surface area contributed by atoms with Gasteiger partial charge in [-0.3, -0.25) is 4.79 Å². The van der Waals surface area contributed by atoms with Crippen molar-refractivity contribution in [1.82, 2.24) is 0 Å². The van der Waals surface area contributed by atoms with Gasteiger partial charge in [0.05, 0.1) is 14.2 Å². The first-order valence-corrected chi connectivity index (χ1v) is 8.64. The maximum absolute atomic E-state index is 12.2. The number of hydrogen-bond donors (Lipinski definition) is 1. The van der Waals surface area contributed by atoms with E-state index < -0.39 is 0 Å². The van der Waals surface area contributed by atoms with E-state index in [4.69, 9.17) is 14.2 Å². The molecule has 0 bridgehead atoms. The van der Waals surface area contributed by atoms with Crippen LogP contribution in [-0.4, -0.2) is 20.1 Å². The quantitative estimate of drug-likeness (QED) is 0.727. The van der Waals surface area contributed by atoms with E-state index in [1.807, 2.05) is 30.3 Å². The molecule has 0 radical (unpaired) electrons. The number of anilines is 1. The average molecular weight is 353 g/mol. The molecule has 2 aromatic carbocycles. The first kappa shape index (κ1) is 17.9. The lowest BCUT2D eigenvalue weighted by Gasteiger charge is -2.14. The largest absolute Gasteiger partial charge is 0.497 e. The number of carbonyl (C=O) groups excluding carboxylic acids is 1. The van der Waals surface area contributed by atoms with Crippen LogP contribution in [0, 0.1) is 5.92 Å². The molecular weight excluding hydrogens is 330 g/mol. The van der Waals surface area contributed by atoms with Gasteiger partial charge < -0.3 is 19.5 Å². The van der Waals surface area contributed by atoms with Crippen molar-refractivity contribution in [2.75, 3.05) is 19.5 Å². The number of amides is 1. The summed E-state index contributed by atoms with van der Waals surface area (Å²) in [7, 11) is 3.20. The van der Waals surface area contributed by atoms with E-state index in [2.05, 4.69) is 17.5 Å². The van der Waals surface area contributed by atoms with Crippen molar-refractivity contribution < 1.29 is 19.0 Å².